The number of ether oxygens (including phenoxy) is 1. The maximum absolute atomic E-state index is 11.1. The van der Waals surface area contributed by atoms with Crippen molar-refractivity contribution in [1.82, 2.24) is 9.97 Å². The highest BCUT2D eigenvalue weighted by molar-refractivity contribution is 5.92. The SMILES string of the molecule is Nc1cc(COc2ccc([N+](=O)[O-])c3cccnc23)ccn1. The molecule has 0 bridgehead atoms. The summed E-state index contributed by atoms with van der Waals surface area (Å²) < 4.78 is 5.73. The van der Waals surface area contributed by atoms with Crippen molar-refractivity contribution < 1.29 is 9.66 Å². The topological polar surface area (TPSA) is 104 Å². The maximum Gasteiger partial charge on any atom is 0.279 e. The summed E-state index contributed by atoms with van der Waals surface area (Å²) in [4.78, 5) is 18.7. The molecule has 0 saturated heterocycles. The molecule has 1 aromatic carbocycles. The van der Waals surface area contributed by atoms with Crippen LogP contribution in [-0.4, -0.2) is 14.9 Å². The van der Waals surface area contributed by atoms with E-state index in [-0.39, 0.29) is 12.3 Å². The number of nitrogen functional groups attached to an aromatic ring is 1. The number of anilines is 1. The highest BCUT2D eigenvalue weighted by atomic mass is 16.6. The molecule has 7 nitrogen and oxygen atoms in total. The molecule has 0 unspecified atom stereocenters. The molecule has 0 radical (unpaired) electrons. The lowest BCUT2D eigenvalue weighted by Gasteiger charge is -2.09. The number of hydrogen-bond acceptors (Lipinski definition) is 6. The highest BCUT2D eigenvalue weighted by Crippen LogP contribution is 2.31. The number of nitro benzene ring substituents is 1. The Labute approximate surface area is 125 Å². The molecule has 0 saturated carbocycles. The number of benzene rings is 1. The molecule has 2 heterocycles. The van der Waals surface area contributed by atoms with E-state index in [0.717, 1.165) is 5.56 Å². The first-order valence-electron chi connectivity index (χ1n) is 6.50. The summed E-state index contributed by atoms with van der Waals surface area (Å²) in [6.45, 7) is 0.274. The summed E-state index contributed by atoms with van der Waals surface area (Å²) >= 11 is 0. The van der Waals surface area contributed by atoms with Crippen LogP contribution in [0.5, 0.6) is 5.75 Å². The van der Waals surface area contributed by atoms with E-state index in [2.05, 4.69) is 9.97 Å². The number of fused-ring (bicyclic) bond motifs is 1. The van der Waals surface area contributed by atoms with Gasteiger partial charge in [0.25, 0.3) is 5.69 Å². The van der Waals surface area contributed by atoms with E-state index in [0.29, 0.717) is 22.5 Å². The van der Waals surface area contributed by atoms with E-state index in [4.69, 9.17) is 10.5 Å². The van der Waals surface area contributed by atoms with Crippen LogP contribution in [0.25, 0.3) is 10.9 Å². The fourth-order valence-electron chi connectivity index (χ4n) is 2.15. The van der Waals surface area contributed by atoms with Gasteiger partial charge in [-0.2, -0.15) is 0 Å². The third-order valence-electron chi connectivity index (χ3n) is 3.15. The fourth-order valence-corrected chi connectivity index (χ4v) is 2.15. The third kappa shape index (κ3) is 2.64. The Kier molecular flexibility index (Phi) is 3.53. The van der Waals surface area contributed by atoms with Gasteiger partial charge in [0.15, 0.2) is 0 Å². The Morgan fingerprint density at radius 1 is 1.18 bits per heavy atom. The Morgan fingerprint density at radius 3 is 2.82 bits per heavy atom. The number of rotatable bonds is 4. The number of nitro groups is 1. The van der Waals surface area contributed by atoms with Crippen LogP contribution in [0.2, 0.25) is 0 Å². The summed E-state index contributed by atoms with van der Waals surface area (Å²) in [5, 5.41) is 11.5. The van der Waals surface area contributed by atoms with Crippen molar-refractivity contribution >= 4 is 22.4 Å². The molecule has 7 heteroatoms. The number of aromatic nitrogens is 2. The Balaban J connectivity index is 1.95. The monoisotopic (exact) mass is 296 g/mol. The first-order valence-corrected chi connectivity index (χ1v) is 6.50. The van der Waals surface area contributed by atoms with E-state index in [1.807, 2.05) is 0 Å². The van der Waals surface area contributed by atoms with Crippen LogP contribution in [0.15, 0.2) is 48.8 Å². The highest BCUT2D eigenvalue weighted by Gasteiger charge is 2.15. The number of nitrogens with two attached hydrogens (primary N) is 1. The van der Waals surface area contributed by atoms with Crippen molar-refractivity contribution in [3.63, 3.8) is 0 Å². The lowest BCUT2D eigenvalue weighted by molar-refractivity contribution is -0.383. The molecular formula is C15H12N4O3. The third-order valence-corrected chi connectivity index (χ3v) is 3.15. The molecule has 0 aliphatic rings. The van der Waals surface area contributed by atoms with Gasteiger partial charge in [0.05, 0.1) is 10.3 Å². The van der Waals surface area contributed by atoms with Crippen LogP contribution < -0.4 is 10.5 Å². The zero-order chi connectivity index (χ0) is 15.5. The van der Waals surface area contributed by atoms with E-state index >= 15 is 0 Å². The minimum absolute atomic E-state index is 0.00334. The fraction of sp³-hybridized carbons (Fsp3) is 0.0667. The van der Waals surface area contributed by atoms with Crippen LogP contribution in [-0.2, 0) is 6.61 Å². The average Bonchev–Trinajstić information content (AvgIpc) is 2.52. The van der Waals surface area contributed by atoms with E-state index < -0.39 is 4.92 Å². The zero-order valence-electron chi connectivity index (χ0n) is 11.5. The van der Waals surface area contributed by atoms with Crippen molar-refractivity contribution in [2.45, 2.75) is 6.61 Å². The summed E-state index contributed by atoms with van der Waals surface area (Å²) in [6, 6.07) is 9.77. The van der Waals surface area contributed by atoms with Gasteiger partial charge in [-0.25, -0.2) is 4.98 Å². The summed E-state index contributed by atoms with van der Waals surface area (Å²) in [5.41, 5.74) is 6.93. The number of hydrogen-bond donors (Lipinski definition) is 1. The Hall–Kier alpha value is -3.22. The number of pyridine rings is 2. The second-order valence-electron chi connectivity index (χ2n) is 4.62. The van der Waals surface area contributed by atoms with Crippen LogP contribution in [0, 0.1) is 10.1 Å². The predicted molar refractivity (Wildman–Crippen MR) is 81.4 cm³/mol. The van der Waals surface area contributed by atoms with Crippen LogP contribution in [0.1, 0.15) is 5.56 Å². The quantitative estimate of drug-likeness (QED) is 0.586. The normalized spacial score (nSPS) is 10.5. The summed E-state index contributed by atoms with van der Waals surface area (Å²) in [7, 11) is 0. The maximum atomic E-state index is 11.1. The van der Waals surface area contributed by atoms with Gasteiger partial charge >= 0.3 is 0 Å². The van der Waals surface area contributed by atoms with Gasteiger partial charge in [-0.05, 0) is 35.9 Å². The molecule has 2 aromatic heterocycles. The molecule has 0 spiro atoms. The van der Waals surface area contributed by atoms with Gasteiger partial charge in [-0.1, -0.05) is 0 Å². The Bertz CT molecular complexity index is 851. The first kappa shape index (κ1) is 13.7. The van der Waals surface area contributed by atoms with Crippen molar-refractivity contribution in [2.75, 3.05) is 5.73 Å². The molecular weight excluding hydrogens is 284 g/mol. The van der Waals surface area contributed by atoms with E-state index in [9.17, 15) is 10.1 Å². The number of nitrogens with zero attached hydrogens (tertiary/aromatic N) is 3. The minimum atomic E-state index is -0.433. The molecule has 3 rings (SSSR count). The molecule has 0 amide bonds. The van der Waals surface area contributed by atoms with E-state index in [1.54, 1.807) is 42.7 Å². The molecule has 22 heavy (non-hydrogen) atoms. The zero-order valence-corrected chi connectivity index (χ0v) is 11.5. The smallest absolute Gasteiger partial charge is 0.279 e. The van der Waals surface area contributed by atoms with Crippen molar-refractivity contribution in [3.8, 4) is 5.75 Å². The van der Waals surface area contributed by atoms with Gasteiger partial charge in [-0.15, -0.1) is 0 Å². The molecule has 110 valence electrons. The second-order valence-corrected chi connectivity index (χ2v) is 4.62. The van der Waals surface area contributed by atoms with Crippen LogP contribution in [0.3, 0.4) is 0 Å². The van der Waals surface area contributed by atoms with Gasteiger partial charge in [0.2, 0.25) is 0 Å². The summed E-state index contributed by atoms with van der Waals surface area (Å²) in [5.74, 6) is 0.893. The molecule has 3 aromatic rings. The van der Waals surface area contributed by atoms with Crippen molar-refractivity contribution in [3.05, 3.63) is 64.5 Å². The van der Waals surface area contributed by atoms with E-state index in [1.165, 1.54) is 6.07 Å². The lowest BCUT2D eigenvalue weighted by atomic mass is 10.1. The van der Waals surface area contributed by atoms with Crippen LogP contribution in [0.4, 0.5) is 11.5 Å². The molecule has 0 fully saturated rings. The molecule has 0 aliphatic carbocycles. The average molecular weight is 296 g/mol. The standard InChI is InChI=1S/C15H12N4O3/c16-14-8-10(5-7-17-14)9-22-13-4-3-12(19(20)21)11-2-1-6-18-15(11)13/h1-8H,9H2,(H2,16,17). The van der Waals surface area contributed by atoms with Gasteiger partial charge in [0, 0.05) is 18.5 Å². The number of non-ortho nitro benzene ring substituents is 1. The largest absolute Gasteiger partial charge is 0.487 e. The molecule has 0 atom stereocenters. The van der Waals surface area contributed by atoms with Gasteiger partial charge < -0.3 is 10.5 Å². The molecule has 0 aliphatic heterocycles. The summed E-state index contributed by atoms with van der Waals surface area (Å²) in [6.07, 6.45) is 3.17. The lowest BCUT2D eigenvalue weighted by Crippen LogP contribution is -2.00. The van der Waals surface area contributed by atoms with Crippen LogP contribution >= 0.6 is 0 Å². The first-order chi connectivity index (χ1) is 10.6. The van der Waals surface area contributed by atoms with Crippen molar-refractivity contribution in [1.29, 1.82) is 0 Å². The molecule has 2 N–H and O–H groups in total. The predicted octanol–water partition coefficient (Wildman–Crippen LogP) is 2.70. The van der Waals surface area contributed by atoms with Gasteiger partial charge in [0.1, 0.15) is 23.7 Å². The minimum Gasteiger partial charge on any atom is -0.487 e. The van der Waals surface area contributed by atoms with Gasteiger partial charge in [-0.3, -0.25) is 15.1 Å². The van der Waals surface area contributed by atoms with Crippen molar-refractivity contribution in [2.24, 2.45) is 0 Å². The Morgan fingerprint density at radius 2 is 2.05 bits per heavy atom. The second kappa shape index (κ2) is 5.65.